The highest BCUT2D eigenvalue weighted by atomic mass is 28.3. The van der Waals surface area contributed by atoms with Crippen LogP contribution < -0.4 is 4.90 Å². The van der Waals surface area contributed by atoms with Crippen molar-refractivity contribution in [3.8, 4) is 0 Å². The first-order chi connectivity index (χ1) is 14.0. The number of nitrogens with zero attached hydrogens (tertiary/aromatic N) is 5. The van der Waals surface area contributed by atoms with Gasteiger partial charge in [0, 0.05) is 41.5 Å². The highest BCUT2D eigenvalue weighted by molar-refractivity contribution is 6.76. The summed E-state index contributed by atoms with van der Waals surface area (Å²) in [6, 6.07) is 5.89. The summed E-state index contributed by atoms with van der Waals surface area (Å²) in [5.74, 6) is 0.795. The Hall–Kier alpha value is -1.76. The fourth-order valence-corrected chi connectivity index (χ4v) is 4.15. The average Bonchev–Trinajstić information content (AvgIpc) is 3.12. The molecule has 2 rings (SSSR count). The average molecular weight is 452 g/mol. The molecular formula is C20H37N5O3Si2. The topological polar surface area (TPSA) is 84.5 Å². The molecule has 0 atom stereocenters. The number of hydrogen-bond donors (Lipinski definition) is 1. The van der Waals surface area contributed by atoms with E-state index in [4.69, 9.17) is 9.47 Å². The second kappa shape index (κ2) is 10.5. The molecule has 2 aromatic heterocycles. The minimum atomic E-state index is -1.16. The van der Waals surface area contributed by atoms with Crippen molar-refractivity contribution in [1.82, 2.24) is 14.6 Å². The molecule has 0 saturated carbocycles. The first kappa shape index (κ1) is 24.5. The maximum absolute atomic E-state index is 9.21. The highest BCUT2D eigenvalue weighted by Gasteiger charge is 2.18. The zero-order valence-electron chi connectivity index (χ0n) is 19.5. The van der Waals surface area contributed by atoms with Gasteiger partial charge in [0.2, 0.25) is 0 Å². The van der Waals surface area contributed by atoms with Crippen molar-refractivity contribution in [2.75, 3.05) is 31.6 Å². The molecular weight excluding hydrogens is 414 g/mol. The SMILES string of the molecule is C/C(=N/O)c1cc(N(COCC[Si](C)(C)C)COCC[Si](C)(C)C)n2nccc2n1. The van der Waals surface area contributed by atoms with Crippen LogP contribution in [0.2, 0.25) is 51.4 Å². The van der Waals surface area contributed by atoms with Crippen molar-refractivity contribution in [1.29, 1.82) is 0 Å². The Labute approximate surface area is 181 Å². The third-order valence-electron chi connectivity index (χ3n) is 4.67. The molecule has 0 unspecified atom stereocenters. The summed E-state index contributed by atoms with van der Waals surface area (Å²) < 4.78 is 13.8. The maximum Gasteiger partial charge on any atom is 0.158 e. The van der Waals surface area contributed by atoms with Gasteiger partial charge in [-0.15, -0.1) is 0 Å². The van der Waals surface area contributed by atoms with E-state index in [1.165, 1.54) is 0 Å². The van der Waals surface area contributed by atoms with E-state index in [1.807, 2.05) is 17.0 Å². The Kier molecular flexibility index (Phi) is 8.59. The minimum absolute atomic E-state index is 0.394. The fraction of sp³-hybridized carbons (Fsp3) is 0.650. The van der Waals surface area contributed by atoms with Gasteiger partial charge in [-0.2, -0.15) is 9.61 Å². The molecule has 0 amide bonds. The lowest BCUT2D eigenvalue weighted by Gasteiger charge is -2.26. The molecule has 0 fully saturated rings. The predicted octanol–water partition coefficient (Wildman–Crippen LogP) is 4.36. The largest absolute Gasteiger partial charge is 0.411 e. The number of ether oxygens (including phenoxy) is 2. The normalized spacial score (nSPS) is 13.2. The molecule has 0 saturated heterocycles. The second-order valence-electron chi connectivity index (χ2n) is 10.0. The van der Waals surface area contributed by atoms with Gasteiger partial charge in [0.25, 0.3) is 0 Å². The Bertz CT molecular complexity index is 821. The van der Waals surface area contributed by atoms with Crippen LogP contribution in [-0.4, -0.2) is 68.3 Å². The van der Waals surface area contributed by atoms with Crippen LogP contribution in [-0.2, 0) is 9.47 Å². The number of anilines is 1. The van der Waals surface area contributed by atoms with E-state index >= 15 is 0 Å². The van der Waals surface area contributed by atoms with E-state index in [0.717, 1.165) is 31.1 Å². The zero-order chi connectivity index (χ0) is 22.4. The van der Waals surface area contributed by atoms with Crippen molar-refractivity contribution >= 4 is 33.3 Å². The van der Waals surface area contributed by atoms with Crippen LogP contribution in [0.3, 0.4) is 0 Å². The summed E-state index contributed by atoms with van der Waals surface area (Å²) in [5, 5.41) is 16.9. The van der Waals surface area contributed by atoms with Gasteiger partial charge < -0.3 is 19.6 Å². The van der Waals surface area contributed by atoms with Gasteiger partial charge >= 0.3 is 0 Å². The van der Waals surface area contributed by atoms with Crippen molar-refractivity contribution < 1.29 is 14.7 Å². The van der Waals surface area contributed by atoms with Crippen LogP contribution in [0, 0.1) is 0 Å². The van der Waals surface area contributed by atoms with Crippen LogP contribution >= 0.6 is 0 Å². The van der Waals surface area contributed by atoms with Crippen LogP contribution in [0.15, 0.2) is 23.5 Å². The van der Waals surface area contributed by atoms with Gasteiger partial charge in [0.1, 0.15) is 25.0 Å². The molecule has 0 aliphatic rings. The van der Waals surface area contributed by atoms with Crippen LogP contribution in [0.1, 0.15) is 12.6 Å². The Morgan fingerprint density at radius 1 is 1.07 bits per heavy atom. The number of aromatic nitrogens is 3. The number of rotatable bonds is 12. The summed E-state index contributed by atoms with van der Waals surface area (Å²) in [5.41, 5.74) is 1.72. The monoisotopic (exact) mass is 451 g/mol. The Balaban J connectivity index is 2.22. The fourth-order valence-electron chi connectivity index (χ4n) is 2.63. The number of fused-ring (bicyclic) bond motifs is 1. The van der Waals surface area contributed by atoms with Crippen molar-refractivity contribution in [3.63, 3.8) is 0 Å². The lowest BCUT2D eigenvalue weighted by atomic mass is 10.3. The maximum atomic E-state index is 9.21. The van der Waals surface area contributed by atoms with E-state index in [0.29, 0.717) is 30.5 Å². The van der Waals surface area contributed by atoms with Gasteiger partial charge in [0.15, 0.2) is 5.65 Å². The van der Waals surface area contributed by atoms with Crippen LogP contribution in [0.4, 0.5) is 5.82 Å². The number of oxime groups is 1. The summed E-state index contributed by atoms with van der Waals surface area (Å²) in [6.45, 7) is 18.0. The standard InChI is InChI=1S/C20H37N5O3Si2/c1-17(23-26)18-14-20(25-19(22-18)8-9-21-25)24(15-27-10-12-29(2,3)4)16-28-11-13-30(5,6)7/h8-9,14,26H,10-13,15-16H2,1-7H3/b23-17-. The van der Waals surface area contributed by atoms with E-state index < -0.39 is 16.1 Å². The molecule has 168 valence electrons. The van der Waals surface area contributed by atoms with E-state index in [9.17, 15) is 5.21 Å². The molecule has 0 aliphatic heterocycles. The Morgan fingerprint density at radius 3 is 2.13 bits per heavy atom. The highest BCUT2D eigenvalue weighted by Crippen LogP contribution is 2.19. The first-order valence-corrected chi connectivity index (χ1v) is 17.9. The molecule has 2 heterocycles. The Morgan fingerprint density at radius 2 is 1.63 bits per heavy atom. The molecule has 2 aromatic rings. The van der Waals surface area contributed by atoms with E-state index in [1.54, 1.807) is 17.6 Å². The predicted molar refractivity (Wildman–Crippen MR) is 127 cm³/mol. The first-order valence-electron chi connectivity index (χ1n) is 10.4. The van der Waals surface area contributed by atoms with E-state index in [2.05, 4.69) is 54.5 Å². The van der Waals surface area contributed by atoms with Gasteiger partial charge in [-0.05, 0) is 19.0 Å². The van der Waals surface area contributed by atoms with Gasteiger partial charge in [-0.1, -0.05) is 44.4 Å². The lowest BCUT2D eigenvalue weighted by Crippen LogP contribution is -2.33. The van der Waals surface area contributed by atoms with Crippen LogP contribution in [0.5, 0.6) is 0 Å². The molecule has 10 heteroatoms. The summed E-state index contributed by atoms with van der Waals surface area (Å²) in [7, 11) is -2.33. The zero-order valence-corrected chi connectivity index (χ0v) is 21.5. The summed E-state index contributed by atoms with van der Waals surface area (Å²) >= 11 is 0. The second-order valence-corrected chi connectivity index (χ2v) is 21.3. The minimum Gasteiger partial charge on any atom is -0.411 e. The molecule has 0 bridgehead atoms. The van der Waals surface area contributed by atoms with Crippen molar-refractivity contribution in [2.24, 2.45) is 5.16 Å². The van der Waals surface area contributed by atoms with Crippen LogP contribution in [0.25, 0.3) is 5.65 Å². The number of hydrogen-bond acceptors (Lipinski definition) is 7. The molecule has 0 aliphatic carbocycles. The third-order valence-corrected chi connectivity index (χ3v) is 8.08. The van der Waals surface area contributed by atoms with Crippen molar-refractivity contribution in [3.05, 3.63) is 24.0 Å². The van der Waals surface area contributed by atoms with E-state index in [-0.39, 0.29) is 0 Å². The van der Waals surface area contributed by atoms with Crippen molar-refractivity contribution in [2.45, 2.75) is 58.3 Å². The molecule has 1 N–H and O–H groups in total. The smallest absolute Gasteiger partial charge is 0.158 e. The van der Waals surface area contributed by atoms with Gasteiger partial charge in [-0.25, -0.2) is 4.98 Å². The molecule has 0 aromatic carbocycles. The molecule has 0 spiro atoms. The summed E-state index contributed by atoms with van der Waals surface area (Å²) in [4.78, 5) is 6.54. The van der Waals surface area contributed by atoms with Gasteiger partial charge in [-0.3, -0.25) is 0 Å². The molecule has 30 heavy (non-hydrogen) atoms. The molecule has 0 radical (unpaired) electrons. The molecule has 8 nitrogen and oxygen atoms in total. The third kappa shape index (κ3) is 7.82. The van der Waals surface area contributed by atoms with Gasteiger partial charge in [0.05, 0.1) is 11.9 Å². The quantitative estimate of drug-likeness (QED) is 0.129. The lowest BCUT2D eigenvalue weighted by molar-refractivity contribution is 0.0942. The summed E-state index contributed by atoms with van der Waals surface area (Å²) in [6.07, 6.45) is 1.71.